The second-order valence-corrected chi connectivity index (χ2v) is 11.4. The third kappa shape index (κ3) is 6.54. The minimum atomic E-state index is -0.798. The van der Waals surface area contributed by atoms with Crippen molar-refractivity contribution >= 4 is 58.7 Å². The largest absolute Gasteiger partial charge is 0.489 e. The molecule has 1 aromatic heterocycles. The molecule has 208 valence electrons. The lowest BCUT2D eigenvalue weighted by molar-refractivity contribution is -0.955. The van der Waals surface area contributed by atoms with E-state index in [9.17, 15) is 10.5 Å². The van der Waals surface area contributed by atoms with Gasteiger partial charge in [0.1, 0.15) is 38.4 Å². The van der Waals surface area contributed by atoms with E-state index in [4.69, 9.17) is 27.9 Å². The summed E-state index contributed by atoms with van der Waals surface area (Å²) in [5, 5.41) is 24.2. The Morgan fingerprint density at radius 2 is 1.77 bits per heavy atom. The Kier molecular flexibility index (Phi) is 8.98. The van der Waals surface area contributed by atoms with Crippen LogP contribution in [0, 0.1) is 11.3 Å². The number of halogens is 2. The maximum Gasteiger partial charge on any atom is 0.275 e. The van der Waals surface area contributed by atoms with Gasteiger partial charge in [0, 0.05) is 17.3 Å². The maximum absolute atomic E-state index is 9.95. The Morgan fingerprint density at radius 3 is 2.40 bits per heavy atom. The highest BCUT2D eigenvalue weighted by Crippen LogP contribution is 2.39. The predicted octanol–water partition coefficient (Wildman–Crippen LogP) is 7.20. The highest BCUT2D eigenvalue weighted by Gasteiger charge is 2.26. The summed E-state index contributed by atoms with van der Waals surface area (Å²) in [5.74, 6) is 1.56. The Hall–Kier alpha value is -3.26. The first-order chi connectivity index (χ1) is 19.0. The summed E-state index contributed by atoms with van der Waals surface area (Å²) in [6.45, 7) is 7.12. The molecule has 0 saturated carbocycles. The van der Waals surface area contributed by atoms with Gasteiger partial charge in [-0.2, -0.15) is 20.9 Å². The number of hydroxylamine groups is 1. The number of nitriles is 1. The van der Waals surface area contributed by atoms with Gasteiger partial charge in [-0.3, -0.25) is 0 Å². The van der Waals surface area contributed by atoms with Crippen molar-refractivity contribution in [3.63, 3.8) is 0 Å². The molecule has 0 saturated heterocycles. The maximum atomic E-state index is 9.95. The van der Waals surface area contributed by atoms with Crippen molar-refractivity contribution in [2.75, 3.05) is 36.8 Å². The zero-order valence-corrected chi connectivity index (χ0v) is 25.1. The van der Waals surface area contributed by atoms with Crippen LogP contribution in [0.1, 0.15) is 37.5 Å². The van der Waals surface area contributed by atoms with E-state index >= 15 is 0 Å². The molecule has 0 aliphatic rings. The molecule has 0 aliphatic carbocycles. The van der Waals surface area contributed by atoms with Gasteiger partial charge in [-0.15, -0.1) is 11.6 Å². The van der Waals surface area contributed by atoms with Crippen molar-refractivity contribution in [2.45, 2.75) is 26.2 Å². The molecule has 1 heterocycles. The number of nitrogens with zero attached hydrogens (tertiary/aromatic N) is 4. The summed E-state index contributed by atoms with van der Waals surface area (Å²) in [4.78, 5) is 9.05. The number of anilines is 2. The summed E-state index contributed by atoms with van der Waals surface area (Å²) in [6.07, 6.45) is 0. The molecule has 8 nitrogen and oxygen atoms in total. The number of hydrogen-bond acceptors (Lipinski definition) is 8. The average Bonchev–Trinajstić information content (AvgIpc) is 2.91. The number of nitrogens with one attached hydrogen (secondary N) is 2. The molecule has 1 unspecified atom stereocenters. The van der Waals surface area contributed by atoms with Crippen molar-refractivity contribution in [2.24, 2.45) is 0 Å². The van der Waals surface area contributed by atoms with E-state index < -0.39 is 9.58 Å². The number of fused-ring (bicyclic) bond motifs is 1. The first kappa shape index (κ1) is 29.7. The normalized spacial score (nSPS) is 13.0. The smallest absolute Gasteiger partial charge is 0.275 e. The SMILES string of the molecule is CCNc1nc(N[N+](C)(O)S)nc2ccc(-c3ccc(C(C)(C)c4cc(Cl)c(OCCCl)c(C#N)c4)cc3)cc12. The number of aromatic nitrogens is 2. The molecule has 0 amide bonds. The van der Waals surface area contributed by atoms with Gasteiger partial charge in [-0.1, -0.05) is 55.8 Å². The number of quaternary nitrogens is 1. The molecule has 0 bridgehead atoms. The van der Waals surface area contributed by atoms with Gasteiger partial charge in [0.25, 0.3) is 5.95 Å². The lowest BCUT2D eigenvalue weighted by atomic mass is 9.77. The number of hydrogen-bond donors (Lipinski definition) is 4. The molecule has 4 aromatic rings. The minimum Gasteiger partial charge on any atom is -0.489 e. The van der Waals surface area contributed by atoms with Crippen molar-refractivity contribution in [1.29, 1.82) is 5.26 Å². The van der Waals surface area contributed by atoms with Gasteiger partial charge < -0.3 is 10.1 Å². The standard InChI is InChI=1S/C29H31Cl2N6O2S/c1-5-33-27-23-15-19(8-11-25(23)34-28(35-27)36-37(4,38)40)18-6-9-21(10-7-18)29(2,3)22-14-20(17-32)26(24(31)16-22)39-13-12-30/h6-11,14-16,38,40H,5,12-13H2,1-4H3,(H2,33,34,35,36)/q+1. The molecule has 40 heavy (non-hydrogen) atoms. The van der Waals surface area contributed by atoms with Gasteiger partial charge in [-0.25, -0.2) is 4.98 Å². The first-order valence-electron chi connectivity index (χ1n) is 12.7. The van der Waals surface area contributed by atoms with Gasteiger partial charge in [0.15, 0.2) is 5.75 Å². The zero-order chi connectivity index (χ0) is 29.1. The first-order valence-corrected chi connectivity index (χ1v) is 14.0. The van der Waals surface area contributed by atoms with Crippen molar-refractivity contribution < 1.29 is 14.1 Å². The van der Waals surface area contributed by atoms with E-state index in [1.807, 2.05) is 37.3 Å². The van der Waals surface area contributed by atoms with Crippen LogP contribution in [-0.2, 0) is 5.41 Å². The summed E-state index contributed by atoms with van der Waals surface area (Å²) < 4.78 is 4.81. The van der Waals surface area contributed by atoms with Gasteiger partial charge in [-0.05, 0) is 57.6 Å². The molecule has 0 spiro atoms. The Bertz CT molecular complexity index is 1570. The average molecular weight is 599 g/mol. The van der Waals surface area contributed by atoms with E-state index in [0.717, 1.165) is 33.2 Å². The van der Waals surface area contributed by atoms with E-state index in [1.54, 1.807) is 0 Å². The monoisotopic (exact) mass is 597 g/mol. The van der Waals surface area contributed by atoms with Crippen LogP contribution >= 0.6 is 36.0 Å². The Morgan fingerprint density at radius 1 is 1.07 bits per heavy atom. The fourth-order valence-corrected chi connectivity index (χ4v) is 4.86. The summed E-state index contributed by atoms with van der Waals surface area (Å²) in [6, 6.07) is 20.1. The lowest BCUT2D eigenvalue weighted by Gasteiger charge is -2.27. The summed E-state index contributed by atoms with van der Waals surface area (Å²) in [5.41, 5.74) is 7.41. The molecular formula is C29H31Cl2N6O2S+. The van der Waals surface area contributed by atoms with Crippen molar-refractivity contribution in [3.05, 3.63) is 76.3 Å². The van der Waals surface area contributed by atoms with Crippen LogP contribution < -0.4 is 15.5 Å². The van der Waals surface area contributed by atoms with Crippen molar-refractivity contribution in [3.8, 4) is 22.9 Å². The minimum absolute atomic E-state index is 0.251. The fraction of sp³-hybridized carbons (Fsp3) is 0.276. The lowest BCUT2D eigenvalue weighted by Crippen LogP contribution is -2.36. The third-order valence-electron chi connectivity index (χ3n) is 6.50. The van der Waals surface area contributed by atoms with E-state index in [0.29, 0.717) is 34.6 Å². The van der Waals surface area contributed by atoms with Crippen LogP contribution in [0.2, 0.25) is 5.02 Å². The second kappa shape index (κ2) is 12.1. The third-order valence-corrected chi connectivity index (χ3v) is 7.04. The highest BCUT2D eigenvalue weighted by atomic mass is 35.5. The molecule has 11 heteroatoms. The molecule has 0 fully saturated rings. The molecule has 4 rings (SSSR count). The molecule has 3 aromatic carbocycles. The molecule has 0 aliphatic heterocycles. The summed E-state index contributed by atoms with van der Waals surface area (Å²) >= 11 is 16.3. The number of benzene rings is 3. The Labute approximate surface area is 249 Å². The zero-order valence-electron chi connectivity index (χ0n) is 22.7. The number of alkyl halides is 1. The van der Waals surface area contributed by atoms with Crippen LogP contribution in [0.15, 0.2) is 54.6 Å². The number of ether oxygens (including phenoxy) is 1. The van der Waals surface area contributed by atoms with Crippen LogP contribution in [0.4, 0.5) is 11.8 Å². The van der Waals surface area contributed by atoms with Crippen molar-refractivity contribution in [1.82, 2.24) is 9.97 Å². The molecular weight excluding hydrogens is 567 g/mol. The highest BCUT2D eigenvalue weighted by molar-refractivity contribution is 7.74. The summed E-state index contributed by atoms with van der Waals surface area (Å²) in [7, 11) is 1.45. The topological polar surface area (TPSA) is 103 Å². The second-order valence-electron chi connectivity index (χ2n) is 9.87. The van der Waals surface area contributed by atoms with E-state index in [2.05, 4.69) is 77.7 Å². The van der Waals surface area contributed by atoms with Gasteiger partial charge in [0.2, 0.25) is 0 Å². The number of thiol groups is 1. The van der Waals surface area contributed by atoms with Gasteiger partial charge >= 0.3 is 0 Å². The Balaban J connectivity index is 1.67. The van der Waals surface area contributed by atoms with Crippen LogP contribution in [-0.4, -0.2) is 45.4 Å². The quantitative estimate of drug-likeness (QED) is 0.0662. The van der Waals surface area contributed by atoms with Crippen LogP contribution in [0.25, 0.3) is 22.0 Å². The molecule has 3 N–H and O–H groups in total. The molecule has 0 radical (unpaired) electrons. The van der Waals surface area contributed by atoms with Crippen LogP contribution in [0.3, 0.4) is 0 Å². The van der Waals surface area contributed by atoms with Gasteiger partial charge in [0.05, 0.1) is 22.0 Å². The number of rotatable bonds is 10. The fourth-order valence-electron chi connectivity index (χ4n) is 4.42. The van der Waals surface area contributed by atoms with Crippen LogP contribution in [0.5, 0.6) is 5.75 Å². The van der Waals surface area contributed by atoms with E-state index in [1.165, 1.54) is 7.05 Å². The molecule has 1 atom stereocenters. The predicted molar refractivity (Wildman–Crippen MR) is 164 cm³/mol. The van der Waals surface area contributed by atoms with E-state index in [-0.39, 0.29) is 12.6 Å².